The Morgan fingerprint density at radius 1 is 1.39 bits per heavy atom. The maximum absolute atomic E-state index is 11.1. The van der Waals surface area contributed by atoms with E-state index in [0.717, 1.165) is 6.42 Å². The number of rotatable bonds is 6. The van der Waals surface area contributed by atoms with Crippen molar-refractivity contribution in [1.29, 1.82) is 0 Å². The molecule has 0 bridgehead atoms. The molecule has 0 saturated heterocycles. The van der Waals surface area contributed by atoms with Crippen molar-refractivity contribution in [3.8, 4) is 0 Å². The monoisotopic (exact) mass is 249 g/mol. The Kier molecular flexibility index (Phi) is 5.35. The summed E-state index contributed by atoms with van der Waals surface area (Å²) in [5.41, 5.74) is 9.25. The van der Waals surface area contributed by atoms with Gasteiger partial charge in [-0.05, 0) is 43.7 Å². The quantitative estimate of drug-likeness (QED) is 0.814. The molecule has 3 heteroatoms. The molecule has 0 saturated carbocycles. The minimum Gasteiger partial charge on any atom is -0.481 e. The fraction of sp³-hybridized carbons (Fsp3) is 0.533. The molecule has 1 rings (SSSR count). The fourth-order valence-electron chi connectivity index (χ4n) is 2.35. The molecule has 0 amide bonds. The zero-order valence-corrected chi connectivity index (χ0v) is 11.4. The lowest BCUT2D eigenvalue weighted by Crippen LogP contribution is -2.25. The lowest BCUT2D eigenvalue weighted by molar-refractivity contribution is -0.141. The number of aliphatic carboxylic acids is 1. The van der Waals surface area contributed by atoms with Crippen molar-refractivity contribution in [2.45, 2.75) is 39.5 Å². The highest BCUT2D eigenvalue weighted by atomic mass is 16.4. The number of hydrogen-bond acceptors (Lipinski definition) is 2. The van der Waals surface area contributed by atoms with Gasteiger partial charge in [-0.25, -0.2) is 0 Å². The molecule has 0 aliphatic rings. The van der Waals surface area contributed by atoms with Crippen LogP contribution in [0.5, 0.6) is 0 Å². The molecule has 0 radical (unpaired) electrons. The number of benzene rings is 1. The standard InChI is InChI=1S/C15H23NO2/c1-4-12(8-13(9-16)15(17)18)14-7-10(2)5-6-11(14)3/h5-7,12-13H,4,8-9,16H2,1-3H3,(H,17,18). The van der Waals surface area contributed by atoms with Crippen LogP contribution < -0.4 is 5.73 Å². The van der Waals surface area contributed by atoms with Crippen molar-refractivity contribution in [2.24, 2.45) is 11.7 Å². The van der Waals surface area contributed by atoms with Gasteiger partial charge in [0.05, 0.1) is 5.92 Å². The average molecular weight is 249 g/mol. The largest absolute Gasteiger partial charge is 0.481 e. The first-order valence-corrected chi connectivity index (χ1v) is 6.49. The highest BCUT2D eigenvalue weighted by Crippen LogP contribution is 2.30. The van der Waals surface area contributed by atoms with E-state index in [4.69, 9.17) is 10.8 Å². The van der Waals surface area contributed by atoms with Crippen molar-refractivity contribution >= 4 is 5.97 Å². The van der Waals surface area contributed by atoms with Gasteiger partial charge in [0, 0.05) is 6.54 Å². The molecule has 0 heterocycles. The van der Waals surface area contributed by atoms with Crippen LogP contribution in [-0.4, -0.2) is 17.6 Å². The number of aryl methyl sites for hydroxylation is 2. The van der Waals surface area contributed by atoms with E-state index < -0.39 is 11.9 Å². The van der Waals surface area contributed by atoms with Gasteiger partial charge in [0.25, 0.3) is 0 Å². The van der Waals surface area contributed by atoms with E-state index in [1.807, 2.05) is 0 Å². The molecule has 2 unspecified atom stereocenters. The zero-order valence-electron chi connectivity index (χ0n) is 11.4. The lowest BCUT2D eigenvalue weighted by Gasteiger charge is -2.21. The van der Waals surface area contributed by atoms with Crippen molar-refractivity contribution in [2.75, 3.05) is 6.54 Å². The van der Waals surface area contributed by atoms with E-state index in [-0.39, 0.29) is 12.5 Å². The van der Waals surface area contributed by atoms with Crippen LogP contribution in [0.15, 0.2) is 18.2 Å². The van der Waals surface area contributed by atoms with E-state index in [0.29, 0.717) is 6.42 Å². The summed E-state index contributed by atoms with van der Waals surface area (Å²) >= 11 is 0. The van der Waals surface area contributed by atoms with Crippen LogP contribution in [0.3, 0.4) is 0 Å². The molecular formula is C15H23NO2. The van der Waals surface area contributed by atoms with Gasteiger partial charge in [0.1, 0.15) is 0 Å². The molecule has 100 valence electrons. The summed E-state index contributed by atoms with van der Waals surface area (Å²) in [4.78, 5) is 11.1. The summed E-state index contributed by atoms with van der Waals surface area (Å²) < 4.78 is 0. The Hall–Kier alpha value is -1.35. The Labute approximate surface area is 109 Å². The molecule has 3 N–H and O–H groups in total. The average Bonchev–Trinajstić information content (AvgIpc) is 2.34. The first-order chi connectivity index (χ1) is 8.49. The maximum Gasteiger partial charge on any atom is 0.307 e. The molecule has 2 atom stereocenters. The van der Waals surface area contributed by atoms with Gasteiger partial charge in [0.15, 0.2) is 0 Å². The summed E-state index contributed by atoms with van der Waals surface area (Å²) in [5, 5.41) is 9.11. The second kappa shape index (κ2) is 6.55. The lowest BCUT2D eigenvalue weighted by atomic mass is 9.84. The van der Waals surface area contributed by atoms with Crippen LogP contribution in [0.1, 0.15) is 42.4 Å². The molecule has 0 fully saturated rings. The fourth-order valence-corrected chi connectivity index (χ4v) is 2.35. The molecule has 0 aromatic heterocycles. The SMILES string of the molecule is CCC(CC(CN)C(=O)O)c1cc(C)ccc1C. The predicted molar refractivity (Wildman–Crippen MR) is 73.7 cm³/mol. The molecule has 18 heavy (non-hydrogen) atoms. The molecule has 1 aromatic rings. The molecule has 0 aliphatic carbocycles. The van der Waals surface area contributed by atoms with Crippen molar-refractivity contribution in [3.63, 3.8) is 0 Å². The van der Waals surface area contributed by atoms with Gasteiger partial charge in [0.2, 0.25) is 0 Å². The third kappa shape index (κ3) is 3.57. The van der Waals surface area contributed by atoms with E-state index in [2.05, 4.69) is 39.0 Å². The number of carboxylic acids is 1. The normalized spacial score (nSPS) is 14.2. The van der Waals surface area contributed by atoms with Crippen molar-refractivity contribution in [1.82, 2.24) is 0 Å². The Bertz CT molecular complexity index is 415. The smallest absolute Gasteiger partial charge is 0.307 e. The van der Waals surface area contributed by atoms with E-state index >= 15 is 0 Å². The number of carboxylic acid groups (broad SMARTS) is 1. The van der Waals surface area contributed by atoms with Crippen LogP contribution in [-0.2, 0) is 4.79 Å². The van der Waals surface area contributed by atoms with Gasteiger partial charge in [-0.3, -0.25) is 4.79 Å². The first kappa shape index (κ1) is 14.7. The van der Waals surface area contributed by atoms with Gasteiger partial charge in [-0.2, -0.15) is 0 Å². The maximum atomic E-state index is 11.1. The summed E-state index contributed by atoms with van der Waals surface area (Å²) in [6.45, 7) is 6.45. The van der Waals surface area contributed by atoms with Crippen LogP contribution in [0.2, 0.25) is 0 Å². The molecule has 0 spiro atoms. The van der Waals surface area contributed by atoms with E-state index in [1.54, 1.807) is 0 Å². The van der Waals surface area contributed by atoms with Crippen LogP contribution in [0, 0.1) is 19.8 Å². The van der Waals surface area contributed by atoms with Crippen LogP contribution in [0.25, 0.3) is 0 Å². The highest BCUT2D eigenvalue weighted by Gasteiger charge is 2.22. The number of hydrogen-bond donors (Lipinski definition) is 2. The van der Waals surface area contributed by atoms with Crippen LogP contribution >= 0.6 is 0 Å². The van der Waals surface area contributed by atoms with Gasteiger partial charge in [-0.1, -0.05) is 30.7 Å². The summed E-state index contributed by atoms with van der Waals surface area (Å²) in [6.07, 6.45) is 1.56. The van der Waals surface area contributed by atoms with Gasteiger partial charge >= 0.3 is 5.97 Å². The van der Waals surface area contributed by atoms with Gasteiger partial charge < -0.3 is 10.8 Å². The molecular weight excluding hydrogens is 226 g/mol. The van der Waals surface area contributed by atoms with Crippen LogP contribution in [0.4, 0.5) is 0 Å². The Morgan fingerprint density at radius 2 is 2.06 bits per heavy atom. The molecule has 1 aromatic carbocycles. The second-order valence-corrected chi connectivity index (χ2v) is 4.97. The first-order valence-electron chi connectivity index (χ1n) is 6.49. The van der Waals surface area contributed by atoms with E-state index in [1.165, 1.54) is 16.7 Å². The summed E-state index contributed by atoms with van der Waals surface area (Å²) in [7, 11) is 0. The second-order valence-electron chi connectivity index (χ2n) is 4.97. The summed E-state index contributed by atoms with van der Waals surface area (Å²) in [5.74, 6) is -0.967. The van der Waals surface area contributed by atoms with Gasteiger partial charge in [-0.15, -0.1) is 0 Å². The number of carbonyl (C=O) groups is 1. The van der Waals surface area contributed by atoms with Crippen molar-refractivity contribution in [3.05, 3.63) is 34.9 Å². The molecule has 3 nitrogen and oxygen atoms in total. The topological polar surface area (TPSA) is 63.3 Å². The minimum absolute atomic E-state index is 0.205. The predicted octanol–water partition coefficient (Wildman–Crippen LogP) is 2.85. The van der Waals surface area contributed by atoms with E-state index in [9.17, 15) is 4.79 Å². The third-order valence-corrected chi connectivity index (χ3v) is 3.57. The zero-order chi connectivity index (χ0) is 13.7. The molecule has 0 aliphatic heterocycles. The minimum atomic E-state index is -0.791. The summed E-state index contributed by atoms with van der Waals surface area (Å²) in [6, 6.07) is 6.35. The Morgan fingerprint density at radius 3 is 2.56 bits per heavy atom. The highest BCUT2D eigenvalue weighted by molar-refractivity contribution is 5.70. The van der Waals surface area contributed by atoms with Crippen molar-refractivity contribution < 1.29 is 9.90 Å². The third-order valence-electron chi connectivity index (χ3n) is 3.57. The number of nitrogens with two attached hydrogens (primary N) is 1. The Balaban J connectivity index is 2.95.